The molecule has 0 atom stereocenters. The Kier molecular flexibility index (Phi) is 4.22. The van der Waals surface area contributed by atoms with Gasteiger partial charge in [0.2, 0.25) is 0 Å². The molecule has 1 aromatic rings. The van der Waals surface area contributed by atoms with Crippen molar-refractivity contribution in [1.82, 2.24) is 0 Å². The Bertz CT molecular complexity index is 377. The maximum Gasteiger partial charge on any atom is 0.338 e. The van der Waals surface area contributed by atoms with Crippen LogP contribution in [-0.2, 0) is 4.74 Å². The summed E-state index contributed by atoms with van der Waals surface area (Å²) in [6.07, 6.45) is -2.51. The molecule has 1 rings (SSSR count). The number of hydrogen-bond donors (Lipinski definition) is 0. The van der Waals surface area contributed by atoms with Crippen molar-refractivity contribution in [1.29, 1.82) is 0 Å². The third-order valence-corrected chi connectivity index (χ3v) is 1.98. The number of ether oxygens (including phenoxy) is 2. The number of rotatable bonds is 4. The lowest BCUT2D eigenvalue weighted by molar-refractivity contribution is 0.0599. The number of esters is 1. The summed E-state index contributed by atoms with van der Waals surface area (Å²) in [6.45, 7) is 1.03. The smallest absolute Gasteiger partial charge is 0.338 e. The van der Waals surface area contributed by atoms with E-state index in [1.807, 2.05) is 0 Å². The van der Waals surface area contributed by atoms with Gasteiger partial charge in [0.25, 0.3) is 6.43 Å². The number of aryl methyl sites for hydroxylation is 1. The van der Waals surface area contributed by atoms with E-state index in [0.29, 0.717) is 16.9 Å². The molecular weight excluding hydrogens is 218 g/mol. The maximum absolute atomic E-state index is 11.9. The zero-order chi connectivity index (χ0) is 12.1. The Morgan fingerprint density at radius 1 is 1.44 bits per heavy atom. The molecule has 0 aromatic heterocycles. The molecule has 0 fully saturated rings. The normalized spacial score (nSPS) is 10.3. The second kappa shape index (κ2) is 5.44. The predicted molar refractivity (Wildman–Crippen MR) is 54.0 cm³/mol. The van der Waals surface area contributed by atoms with E-state index in [1.54, 1.807) is 6.92 Å². The first-order valence-corrected chi connectivity index (χ1v) is 4.64. The van der Waals surface area contributed by atoms with E-state index in [2.05, 4.69) is 4.74 Å². The van der Waals surface area contributed by atoms with Crippen molar-refractivity contribution in [2.75, 3.05) is 13.7 Å². The number of methoxy groups -OCH3 is 1. The summed E-state index contributed by atoms with van der Waals surface area (Å²) >= 11 is 0. The van der Waals surface area contributed by atoms with Gasteiger partial charge in [0, 0.05) is 0 Å². The quantitative estimate of drug-likeness (QED) is 0.745. The lowest BCUT2D eigenvalue weighted by Gasteiger charge is -2.08. The van der Waals surface area contributed by atoms with Gasteiger partial charge in [-0.2, -0.15) is 0 Å². The molecule has 88 valence electrons. The van der Waals surface area contributed by atoms with Gasteiger partial charge in [-0.15, -0.1) is 0 Å². The number of hydrogen-bond acceptors (Lipinski definition) is 3. The molecule has 3 nitrogen and oxygen atoms in total. The summed E-state index contributed by atoms with van der Waals surface area (Å²) in [5.41, 5.74) is 1.02. The molecule has 1 aromatic carbocycles. The van der Waals surface area contributed by atoms with Crippen LogP contribution in [0.1, 0.15) is 15.9 Å². The minimum absolute atomic E-state index is 0.311. The molecule has 0 saturated carbocycles. The molecule has 16 heavy (non-hydrogen) atoms. The first-order valence-electron chi connectivity index (χ1n) is 4.64. The van der Waals surface area contributed by atoms with Crippen LogP contribution in [0.15, 0.2) is 18.2 Å². The Labute approximate surface area is 92.0 Å². The lowest BCUT2D eigenvalue weighted by atomic mass is 10.1. The Balaban J connectivity index is 2.78. The van der Waals surface area contributed by atoms with Crippen molar-refractivity contribution in [3.05, 3.63) is 29.3 Å². The molecule has 0 spiro atoms. The van der Waals surface area contributed by atoms with Gasteiger partial charge in [-0.05, 0) is 30.7 Å². The molecule has 0 saturated heterocycles. The van der Waals surface area contributed by atoms with Gasteiger partial charge in [0.15, 0.2) is 0 Å². The van der Waals surface area contributed by atoms with Crippen LogP contribution in [0.2, 0.25) is 0 Å². The zero-order valence-electron chi connectivity index (χ0n) is 9.00. The number of benzene rings is 1. The van der Waals surface area contributed by atoms with Gasteiger partial charge in [-0.3, -0.25) is 0 Å². The van der Waals surface area contributed by atoms with Crippen LogP contribution < -0.4 is 4.74 Å². The topological polar surface area (TPSA) is 35.5 Å². The molecule has 5 heteroatoms. The minimum atomic E-state index is -2.51. The Morgan fingerprint density at radius 3 is 2.62 bits per heavy atom. The van der Waals surface area contributed by atoms with E-state index in [0.717, 1.165) is 0 Å². The fourth-order valence-corrected chi connectivity index (χ4v) is 1.22. The lowest BCUT2D eigenvalue weighted by Crippen LogP contribution is -2.08. The summed E-state index contributed by atoms with van der Waals surface area (Å²) in [5, 5.41) is 0. The largest absolute Gasteiger partial charge is 0.488 e. The van der Waals surface area contributed by atoms with Crippen LogP contribution >= 0.6 is 0 Å². The number of halogens is 2. The van der Waals surface area contributed by atoms with Crippen LogP contribution in [0.3, 0.4) is 0 Å². The molecule has 0 aliphatic heterocycles. The standard InChI is InChI=1S/C11H12F2O3/c1-7-5-8(16-6-10(12)13)3-4-9(7)11(14)15-2/h3-5,10H,6H2,1-2H3. The van der Waals surface area contributed by atoms with Crippen molar-refractivity contribution in [3.8, 4) is 5.75 Å². The summed E-state index contributed by atoms with van der Waals surface area (Å²) in [6, 6.07) is 4.47. The molecule has 0 bridgehead atoms. The van der Waals surface area contributed by atoms with Gasteiger partial charge in [-0.25, -0.2) is 13.6 Å². The minimum Gasteiger partial charge on any atom is -0.488 e. The zero-order valence-corrected chi connectivity index (χ0v) is 9.00. The van der Waals surface area contributed by atoms with Gasteiger partial charge < -0.3 is 9.47 Å². The highest BCUT2D eigenvalue weighted by molar-refractivity contribution is 5.91. The highest BCUT2D eigenvalue weighted by Crippen LogP contribution is 2.18. The molecule has 0 unspecified atom stereocenters. The van der Waals surface area contributed by atoms with Crippen molar-refractivity contribution >= 4 is 5.97 Å². The second-order valence-corrected chi connectivity index (χ2v) is 3.17. The van der Waals surface area contributed by atoms with E-state index >= 15 is 0 Å². The van der Waals surface area contributed by atoms with Crippen molar-refractivity contribution in [2.24, 2.45) is 0 Å². The average Bonchev–Trinajstić information content (AvgIpc) is 2.25. The van der Waals surface area contributed by atoms with Crippen molar-refractivity contribution in [2.45, 2.75) is 13.3 Å². The number of carbonyl (C=O) groups is 1. The third-order valence-electron chi connectivity index (χ3n) is 1.98. The SMILES string of the molecule is COC(=O)c1ccc(OCC(F)F)cc1C. The Hall–Kier alpha value is -1.65. The van der Waals surface area contributed by atoms with E-state index in [9.17, 15) is 13.6 Å². The average molecular weight is 230 g/mol. The predicted octanol–water partition coefficient (Wildman–Crippen LogP) is 2.43. The molecule has 0 amide bonds. The van der Waals surface area contributed by atoms with Gasteiger partial charge in [0.1, 0.15) is 12.4 Å². The molecule has 0 aliphatic carbocycles. The fraction of sp³-hybridized carbons (Fsp3) is 0.364. The summed E-state index contributed by atoms with van der Waals surface area (Å²) in [5.74, 6) is -0.150. The van der Waals surface area contributed by atoms with Crippen LogP contribution in [0, 0.1) is 6.92 Å². The van der Waals surface area contributed by atoms with Gasteiger partial charge in [-0.1, -0.05) is 0 Å². The highest BCUT2D eigenvalue weighted by atomic mass is 19.3. The van der Waals surface area contributed by atoms with Crippen molar-refractivity contribution < 1.29 is 23.0 Å². The first-order chi connectivity index (χ1) is 7.54. The molecule has 0 heterocycles. The molecule has 0 aliphatic rings. The molecule has 0 radical (unpaired) electrons. The molecule has 0 N–H and O–H groups in total. The monoisotopic (exact) mass is 230 g/mol. The number of carbonyl (C=O) groups excluding carboxylic acids is 1. The number of alkyl halides is 2. The van der Waals surface area contributed by atoms with Crippen LogP contribution in [0.25, 0.3) is 0 Å². The van der Waals surface area contributed by atoms with E-state index in [-0.39, 0.29) is 0 Å². The maximum atomic E-state index is 11.9. The Morgan fingerprint density at radius 2 is 2.12 bits per heavy atom. The van der Waals surface area contributed by atoms with Crippen LogP contribution in [0.4, 0.5) is 8.78 Å². The van der Waals surface area contributed by atoms with Gasteiger partial charge >= 0.3 is 5.97 Å². The van der Waals surface area contributed by atoms with E-state index in [1.165, 1.54) is 25.3 Å². The summed E-state index contributed by atoms with van der Waals surface area (Å²) < 4.78 is 33.1. The third kappa shape index (κ3) is 3.18. The van der Waals surface area contributed by atoms with Crippen LogP contribution in [-0.4, -0.2) is 26.1 Å². The van der Waals surface area contributed by atoms with Gasteiger partial charge in [0.05, 0.1) is 12.7 Å². The summed E-state index contributed by atoms with van der Waals surface area (Å²) in [7, 11) is 1.28. The van der Waals surface area contributed by atoms with Crippen LogP contribution in [0.5, 0.6) is 5.75 Å². The fourth-order valence-electron chi connectivity index (χ4n) is 1.22. The first kappa shape index (κ1) is 12.4. The van der Waals surface area contributed by atoms with Crippen molar-refractivity contribution in [3.63, 3.8) is 0 Å². The highest BCUT2D eigenvalue weighted by Gasteiger charge is 2.10. The molecular formula is C11H12F2O3. The second-order valence-electron chi connectivity index (χ2n) is 3.17. The van der Waals surface area contributed by atoms with E-state index in [4.69, 9.17) is 4.74 Å². The summed E-state index contributed by atoms with van der Waals surface area (Å²) in [4.78, 5) is 11.2. The van der Waals surface area contributed by atoms with E-state index < -0.39 is 19.0 Å².